The molecule has 0 aliphatic rings. The molecule has 2 rings (SSSR count). The summed E-state index contributed by atoms with van der Waals surface area (Å²) in [5.41, 5.74) is 6.90. The summed E-state index contributed by atoms with van der Waals surface area (Å²) in [5, 5.41) is 0. The predicted molar refractivity (Wildman–Crippen MR) is 79.3 cm³/mol. The van der Waals surface area contributed by atoms with Crippen LogP contribution in [0.25, 0.3) is 0 Å². The molecular formula is C14H16ClNO2S. The molecular weight excluding hydrogens is 282 g/mol. The van der Waals surface area contributed by atoms with Crippen LogP contribution in [-0.4, -0.2) is 7.11 Å². The fourth-order valence-electron chi connectivity index (χ4n) is 1.72. The Morgan fingerprint density at radius 3 is 2.68 bits per heavy atom. The molecule has 1 heterocycles. The highest BCUT2D eigenvalue weighted by Crippen LogP contribution is 2.30. The Kier molecular flexibility index (Phi) is 4.69. The Balaban J connectivity index is 2.17. The second kappa shape index (κ2) is 6.28. The highest BCUT2D eigenvalue weighted by Gasteiger charge is 2.10. The maximum Gasteiger partial charge on any atom is 0.128 e. The van der Waals surface area contributed by atoms with Crippen LogP contribution in [0.15, 0.2) is 30.3 Å². The van der Waals surface area contributed by atoms with Crippen LogP contribution >= 0.6 is 22.9 Å². The molecule has 0 aliphatic carbocycles. The summed E-state index contributed by atoms with van der Waals surface area (Å²) < 4.78 is 11.8. The summed E-state index contributed by atoms with van der Waals surface area (Å²) >= 11 is 7.40. The van der Waals surface area contributed by atoms with Crippen LogP contribution in [-0.2, 0) is 6.61 Å². The molecule has 0 saturated heterocycles. The molecule has 102 valence electrons. The topological polar surface area (TPSA) is 44.5 Å². The van der Waals surface area contributed by atoms with Crippen molar-refractivity contribution in [1.29, 1.82) is 0 Å². The number of hydrogen-bond acceptors (Lipinski definition) is 4. The van der Waals surface area contributed by atoms with E-state index in [9.17, 15) is 0 Å². The molecule has 1 atom stereocenters. The zero-order valence-corrected chi connectivity index (χ0v) is 12.4. The molecule has 0 fully saturated rings. The predicted octanol–water partition coefficient (Wildman–Crippen LogP) is 4.01. The number of thiophene rings is 1. The SMILES string of the molecule is COc1ccc(C(C)N)c(OCc2ccc(Cl)s2)c1. The van der Waals surface area contributed by atoms with E-state index in [1.54, 1.807) is 7.11 Å². The van der Waals surface area contributed by atoms with E-state index >= 15 is 0 Å². The van der Waals surface area contributed by atoms with E-state index in [1.165, 1.54) is 11.3 Å². The molecule has 1 aromatic carbocycles. The first-order valence-corrected chi connectivity index (χ1v) is 7.10. The molecule has 0 spiro atoms. The Hall–Kier alpha value is -1.23. The lowest BCUT2D eigenvalue weighted by Crippen LogP contribution is -2.08. The molecule has 0 amide bonds. The molecule has 19 heavy (non-hydrogen) atoms. The van der Waals surface area contributed by atoms with Gasteiger partial charge in [0.05, 0.1) is 11.4 Å². The van der Waals surface area contributed by atoms with Gasteiger partial charge in [-0.3, -0.25) is 0 Å². The first kappa shape index (κ1) is 14.2. The minimum atomic E-state index is -0.0900. The van der Waals surface area contributed by atoms with E-state index in [4.69, 9.17) is 26.8 Å². The molecule has 0 bridgehead atoms. The van der Waals surface area contributed by atoms with E-state index in [1.807, 2.05) is 37.3 Å². The summed E-state index contributed by atoms with van der Waals surface area (Å²) in [5.74, 6) is 1.50. The lowest BCUT2D eigenvalue weighted by Gasteiger charge is -2.14. The molecule has 0 saturated carbocycles. The van der Waals surface area contributed by atoms with Gasteiger partial charge in [0, 0.05) is 22.5 Å². The van der Waals surface area contributed by atoms with Gasteiger partial charge in [0.1, 0.15) is 18.1 Å². The van der Waals surface area contributed by atoms with Crippen LogP contribution in [0.3, 0.4) is 0 Å². The lowest BCUT2D eigenvalue weighted by molar-refractivity contribution is 0.302. The van der Waals surface area contributed by atoms with Gasteiger partial charge in [-0.15, -0.1) is 11.3 Å². The molecule has 0 radical (unpaired) electrons. The van der Waals surface area contributed by atoms with Crippen LogP contribution in [0.2, 0.25) is 4.34 Å². The monoisotopic (exact) mass is 297 g/mol. The van der Waals surface area contributed by atoms with Gasteiger partial charge in [-0.25, -0.2) is 0 Å². The Morgan fingerprint density at radius 2 is 2.11 bits per heavy atom. The van der Waals surface area contributed by atoms with Crippen molar-refractivity contribution in [2.75, 3.05) is 7.11 Å². The summed E-state index contributed by atoms with van der Waals surface area (Å²) in [6.45, 7) is 2.40. The van der Waals surface area contributed by atoms with Gasteiger partial charge in [0.25, 0.3) is 0 Å². The van der Waals surface area contributed by atoms with Crippen molar-refractivity contribution in [2.24, 2.45) is 5.73 Å². The average molecular weight is 298 g/mol. The molecule has 2 N–H and O–H groups in total. The minimum Gasteiger partial charge on any atom is -0.497 e. The van der Waals surface area contributed by atoms with E-state index in [2.05, 4.69) is 0 Å². The summed E-state index contributed by atoms with van der Waals surface area (Å²) in [6.07, 6.45) is 0. The Bertz CT molecular complexity index is 554. The molecule has 2 aromatic rings. The highest BCUT2D eigenvalue weighted by molar-refractivity contribution is 7.16. The number of rotatable bonds is 5. The van der Waals surface area contributed by atoms with Gasteiger partial charge in [0.15, 0.2) is 0 Å². The summed E-state index contributed by atoms with van der Waals surface area (Å²) in [4.78, 5) is 1.07. The van der Waals surface area contributed by atoms with E-state index in [0.29, 0.717) is 6.61 Å². The number of hydrogen-bond donors (Lipinski definition) is 1. The number of ether oxygens (including phenoxy) is 2. The van der Waals surface area contributed by atoms with E-state index in [0.717, 1.165) is 26.3 Å². The lowest BCUT2D eigenvalue weighted by atomic mass is 10.1. The van der Waals surface area contributed by atoms with Gasteiger partial charge in [-0.1, -0.05) is 17.7 Å². The van der Waals surface area contributed by atoms with Crippen LogP contribution in [0, 0.1) is 0 Å². The molecule has 0 aliphatic heterocycles. The number of nitrogens with two attached hydrogens (primary N) is 1. The van der Waals surface area contributed by atoms with Crippen molar-refractivity contribution < 1.29 is 9.47 Å². The molecule has 5 heteroatoms. The van der Waals surface area contributed by atoms with Crippen LogP contribution < -0.4 is 15.2 Å². The smallest absolute Gasteiger partial charge is 0.128 e. The van der Waals surface area contributed by atoms with Crippen molar-refractivity contribution >= 4 is 22.9 Å². The zero-order chi connectivity index (χ0) is 13.8. The number of methoxy groups -OCH3 is 1. The van der Waals surface area contributed by atoms with Crippen LogP contribution in [0.5, 0.6) is 11.5 Å². The van der Waals surface area contributed by atoms with Crippen LogP contribution in [0.4, 0.5) is 0 Å². The average Bonchev–Trinajstić information content (AvgIpc) is 2.81. The third-order valence-electron chi connectivity index (χ3n) is 2.71. The van der Waals surface area contributed by atoms with Crippen molar-refractivity contribution in [2.45, 2.75) is 19.6 Å². The van der Waals surface area contributed by atoms with E-state index in [-0.39, 0.29) is 6.04 Å². The van der Waals surface area contributed by atoms with Crippen LogP contribution in [0.1, 0.15) is 23.4 Å². The van der Waals surface area contributed by atoms with Gasteiger partial charge < -0.3 is 15.2 Å². The maximum absolute atomic E-state index is 5.94. The number of benzene rings is 1. The second-order valence-electron chi connectivity index (χ2n) is 4.19. The van der Waals surface area contributed by atoms with Gasteiger partial charge in [-0.05, 0) is 25.1 Å². The minimum absolute atomic E-state index is 0.0900. The number of halogens is 1. The first-order chi connectivity index (χ1) is 9.10. The van der Waals surface area contributed by atoms with Gasteiger partial charge >= 0.3 is 0 Å². The fourth-order valence-corrected chi connectivity index (χ4v) is 2.72. The van der Waals surface area contributed by atoms with Gasteiger partial charge in [-0.2, -0.15) is 0 Å². The normalized spacial score (nSPS) is 12.2. The highest BCUT2D eigenvalue weighted by atomic mass is 35.5. The zero-order valence-electron chi connectivity index (χ0n) is 10.9. The van der Waals surface area contributed by atoms with E-state index < -0.39 is 0 Å². The Labute approximate surface area is 121 Å². The van der Waals surface area contributed by atoms with Crippen molar-refractivity contribution in [3.63, 3.8) is 0 Å². The quantitative estimate of drug-likeness (QED) is 0.907. The largest absolute Gasteiger partial charge is 0.497 e. The maximum atomic E-state index is 5.94. The summed E-state index contributed by atoms with van der Waals surface area (Å²) in [6, 6.07) is 9.40. The second-order valence-corrected chi connectivity index (χ2v) is 5.99. The Morgan fingerprint density at radius 1 is 1.32 bits per heavy atom. The van der Waals surface area contributed by atoms with Crippen molar-refractivity contribution in [3.8, 4) is 11.5 Å². The molecule has 3 nitrogen and oxygen atoms in total. The third-order valence-corrected chi connectivity index (χ3v) is 3.91. The van der Waals surface area contributed by atoms with Crippen molar-refractivity contribution in [3.05, 3.63) is 45.1 Å². The van der Waals surface area contributed by atoms with Gasteiger partial charge in [0.2, 0.25) is 0 Å². The molecule has 1 unspecified atom stereocenters. The summed E-state index contributed by atoms with van der Waals surface area (Å²) in [7, 11) is 1.63. The fraction of sp³-hybridized carbons (Fsp3) is 0.286. The third kappa shape index (κ3) is 3.62. The van der Waals surface area contributed by atoms with Crippen molar-refractivity contribution in [1.82, 2.24) is 0 Å². The first-order valence-electron chi connectivity index (χ1n) is 5.90. The molecule has 1 aromatic heterocycles. The standard InChI is InChI=1S/C14H16ClNO2S/c1-9(16)12-5-3-10(17-2)7-13(12)18-8-11-4-6-14(15)19-11/h3-7,9H,8,16H2,1-2H3.